The summed E-state index contributed by atoms with van der Waals surface area (Å²) in [4.78, 5) is 25.7. The van der Waals surface area contributed by atoms with Gasteiger partial charge in [-0.3, -0.25) is 9.59 Å². The molecule has 72 valence electrons. The maximum atomic E-state index is 11.3. The normalized spacial score (nSPS) is 23.2. The third kappa shape index (κ3) is 1.88. The van der Waals surface area contributed by atoms with E-state index in [1.54, 1.807) is 11.9 Å². The molecule has 0 saturated carbocycles. The van der Waals surface area contributed by atoms with Crippen molar-refractivity contribution in [1.82, 2.24) is 9.80 Å². The second kappa shape index (κ2) is 3.60. The fourth-order valence-electron chi connectivity index (χ4n) is 1.43. The summed E-state index contributed by atoms with van der Waals surface area (Å²) in [5.41, 5.74) is 0. The molecular formula is C9H14N2O2. The van der Waals surface area contributed by atoms with Crippen LogP contribution in [0.2, 0.25) is 0 Å². The van der Waals surface area contributed by atoms with Crippen LogP contribution in [0, 0.1) is 0 Å². The van der Waals surface area contributed by atoms with Gasteiger partial charge < -0.3 is 9.80 Å². The summed E-state index contributed by atoms with van der Waals surface area (Å²) >= 11 is 0. The quantitative estimate of drug-likeness (QED) is 0.530. The minimum atomic E-state index is -0.172. The van der Waals surface area contributed by atoms with Gasteiger partial charge in [-0.05, 0) is 13.0 Å². The number of rotatable bonds is 1. The van der Waals surface area contributed by atoms with E-state index in [2.05, 4.69) is 6.58 Å². The molecule has 0 aromatic rings. The third-order valence-electron chi connectivity index (χ3n) is 2.26. The molecule has 2 amide bonds. The summed E-state index contributed by atoms with van der Waals surface area (Å²) in [6.45, 7) is 6.08. The monoisotopic (exact) mass is 182 g/mol. The molecule has 1 aliphatic heterocycles. The van der Waals surface area contributed by atoms with E-state index in [4.69, 9.17) is 0 Å². The molecule has 0 radical (unpaired) electrons. The highest BCUT2D eigenvalue weighted by atomic mass is 16.2. The number of piperazine rings is 1. The highest BCUT2D eigenvalue weighted by Gasteiger charge is 2.28. The number of hydrogen-bond acceptors (Lipinski definition) is 2. The molecule has 0 bridgehead atoms. The molecular weight excluding hydrogens is 168 g/mol. The molecule has 0 aliphatic carbocycles. The van der Waals surface area contributed by atoms with Gasteiger partial charge in [0.25, 0.3) is 0 Å². The summed E-state index contributed by atoms with van der Waals surface area (Å²) < 4.78 is 0. The first-order valence-corrected chi connectivity index (χ1v) is 4.23. The van der Waals surface area contributed by atoms with Crippen molar-refractivity contribution in [3.05, 3.63) is 12.7 Å². The zero-order valence-electron chi connectivity index (χ0n) is 7.99. The molecule has 1 unspecified atom stereocenters. The van der Waals surface area contributed by atoms with Crippen LogP contribution in [0.3, 0.4) is 0 Å². The van der Waals surface area contributed by atoms with E-state index >= 15 is 0 Å². The minimum absolute atomic E-state index is 0.0201. The summed E-state index contributed by atoms with van der Waals surface area (Å²) in [5.74, 6) is -0.192. The second-order valence-electron chi connectivity index (χ2n) is 3.29. The molecule has 0 aromatic carbocycles. The van der Waals surface area contributed by atoms with Gasteiger partial charge in [0.15, 0.2) is 0 Å². The zero-order valence-corrected chi connectivity index (χ0v) is 7.99. The molecule has 1 saturated heterocycles. The van der Waals surface area contributed by atoms with Crippen molar-refractivity contribution in [3.8, 4) is 0 Å². The van der Waals surface area contributed by atoms with Crippen LogP contribution in [-0.2, 0) is 9.59 Å². The van der Waals surface area contributed by atoms with E-state index in [0.29, 0.717) is 6.54 Å². The predicted molar refractivity (Wildman–Crippen MR) is 49.0 cm³/mol. The van der Waals surface area contributed by atoms with E-state index in [9.17, 15) is 9.59 Å². The molecule has 1 atom stereocenters. The van der Waals surface area contributed by atoms with Crippen LogP contribution in [0.5, 0.6) is 0 Å². The SMILES string of the molecule is C=CC(=O)N1CC(=O)N(C)CC1C. The van der Waals surface area contributed by atoms with Gasteiger partial charge in [0.2, 0.25) is 11.8 Å². The van der Waals surface area contributed by atoms with Crippen molar-refractivity contribution in [2.45, 2.75) is 13.0 Å². The lowest BCUT2D eigenvalue weighted by Crippen LogP contribution is -2.55. The number of carbonyl (C=O) groups excluding carboxylic acids is 2. The Balaban J connectivity index is 2.72. The minimum Gasteiger partial charge on any atom is -0.342 e. The molecule has 1 heterocycles. The Labute approximate surface area is 77.8 Å². The van der Waals surface area contributed by atoms with Gasteiger partial charge in [-0.15, -0.1) is 0 Å². The fourth-order valence-corrected chi connectivity index (χ4v) is 1.43. The van der Waals surface area contributed by atoms with Crippen LogP contribution in [-0.4, -0.2) is 47.8 Å². The Morgan fingerprint density at radius 3 is 2.85 bits per heavy atom. The maximum absolute atomic E-state index is 11.3. The molecule has 1 fully saturated rings. The largest absolute Gasteiger partial charge is 0.342 e. The summed E-state index contributed by atoms with van der Waals surface area (Å²) in [7, 11) is 1.74. The Hall–Kier alpha value is -1.32. The molecule has 0 aromatic heterocycles. The molecule has 0 N–H and O–H groups in total. The van der Waals surface area contributed by atoms with Crippen LogP contribution < -0.4 is 0 Å². The highest BCUT2D eigenvalue weighted by molar-refractivity contribution is 5.91. The Morgan fingerprint density at radius 2 is 2.31 bits per heavy atom. The third-order valence-corrected chi connectivity index (χ3v) is 2.26. The van der Waals surface area contributed by atoms with Crippen LogP contribution in [0.25, 0.3) is 0 Å². The standard InChI is InChI=1S/C9H14N2O2/c1-4-8(12)11-6-9(13)10(3)5-7(11)2/h4,7H,1,5-6H2,2-3H3. The first-order chi connectivity index (χ1) is 6.06. The van der Waals surface area contributed by atoms with Crippen LogP contribution in [0.15, 0.2) is 12.7 Å². The van der Waals surface area contributed by atoms with Crippen molar-refractivity contribution in [3.63, 3.8) is 0 Å². The average molecular weight is 182 g/mol. The number of nitrogens with zero attached hydrogens (tertiary/aromatic N) is 2. The highest BCUT2D eigenvalue weighted by Crippen LogP contribution is 2.09. The molecule has 4 heteroatoms. The number of likely N-dealkylation sites (N-methyl/N-ethyl adjacent to an activating group) is 1. The van der Waals surface area contributed by atoms with Gasteiger partial charge >= 0.3 is 0 Å². The topological polar surface area (TPSA) is 40.6 Å². The molecule has 1 rings (SSSR count). The van der Waals surface area contributed by atoms with Gasteiger partial charge in [-0.25, -0.2) is 0 Å². The van der Waals surface area contributed by atoms with Crippen molar-refractivity contribution < 1.29 is 9.59 Å². The first-order valence-electron chi connectivity index (χ1n) is 4.23. The van der Waals surface area contributed by atoms with Gasteiger partial charge in [0.1, 0.15) is 6.54 Å². The Kier molecular flexibility index (Phi) is 2.70. The van der Waals surface area contributed by atoms with Crippen LogP contribution in [0.1, 0.15) is 6.92 Å². The van der Waals surface area contributed by atoms with Gasteiger partial charge in [0, 0.05) is 19.6 Å². The molecule has 4 nitrogen and oxygen atoms in total. The summed E-state index contributed by atoms with van der Waals surface area (Å²) in [6, 6.07) is 0.0770. The first kappa shape index (κ1) is 9.77. The van der Waals surface area contributed by atoms with Crippen molar-refractivity contribution in [1.29, 1.82) is 0 Å². The van der Waals surface area contributed by atoms with E-state index in [0.717, 1.165) is 0 Å². The van der Waals surface area contributed by atoms with Gasteiger partial charge in [-0.1, -0.05) is 6.58 Å². The molecule has 0 spiro atoms. The Morgan fingerprint density at radius 1 is 1.69 bits per heavy atom. The predicted octanol–water partition coefficient (Wildman–Crippen LogP) is -0.139. The van der Waals surface area contributed by atoms with E-state index in [-0.39, 0.29) is 24.4 Å². The lowest BCUT2D eigenvalue weighted by molar-refractivity contribution is -0.144. The van der Waals surface area contributed by atoms with Crippen LogP contribution in [0.4, 0.5) is 0 Å². The second-order valence-corrected chi connectivity index (χ2v) is 3.29. The lowest BCUT2D eigenvalue weighted by atomic mass is 10.2. The maximum Gasteiger partial charge on any atom is 0.246 e. The van der Waals surface area contributed by atoms with Gasteiger partial charge in [0.05, 0.1) is 0 Å². The summed E-state index contributed by atoms with van der Waals surface area (Å²) in [5, 5.41) is 0. The van der Waals surface area contributed by atoms with E-state index in [1.165, 1.54) is 11.0 Å². The van der Waals surface area contributed by atoms with Gasteiger partial charge in [-0.2, -0.15) is 0 Å². The fraction of sp³-hybridized carbons (Fsp3) is 0.556. The van der Waals surface area contributed by atoms with Crippen molar-refractivity contribution in [2.75, 3.05) is 20.1 Å². The number of hydrogen-bond donors (Lipinski definition) is 0. The average Bonchev–Trinajstić information content (AvgIpc) is 2.10. The lowest BCUT2D eigenvalue weighted by Gasteiger charge is -2.37. The molecule has 1 aliphatic rings. The molecule has 13 heavy (non-hydrogen) atoms. The Bertz CT molecular complexity index is 250. The van der Waals surface area contributed by atoms with E-state index in [1.807, 2.05) is 6.92 Å². The van der Waals surface area contributed by atoms with E-state index < -0.39 is 0 Å². The van der Waals surface area contributed by atoms with Crippen molar-refractivity contribution >= 4 is 11.8 Å². The number of carbonyl (C=O) groups is 2. The van der Waals surface area contributed by atoms with Crippen molar-refractivity contribution in [2.24, 2.45) is 0 Å². The zero-order chi connectivity index (χ0) is 10.0. The summed E-state index contributed by atoms with van der Waals surface area (Å²) in [6.07, 6.45) is 1.25. The van der Waals surface area contributed by atoms with Crippen LogP contribution >= 0.6 is 0 Å². The smallest absolute Gasteiger partial charge is 0.246 e. The number of amides is 2.